The van der Waals surface area contributed by atoms with Gasteiger partial charge in [-0.05, 0) is 48.4 Å². The molecule has 0 saturated heterocycles. The summed E-state index contributed by atoms with van der Waals surface area (Å²) in [7, 11) is 1.66. The molecule has 3 aromatic rings. The van der Waals surface area contributed by atoms with Gasteiger partial charge in [-0.3, -0.25) is 9.97 Å². The topological polar surface area (TPSA) is 58.4 Å². The second kappa shape index (κ2) is 12.0. The van der Waals surface area contributed by atoms with Crippen molar-refractivity contribution in [3.63, 3.8) is 0 Å². The third-order valence-electron chi connectivity index (χ3n) is 4.55. The monoisotopic (exact) mass is 407 g/mol. The number of aryl methyl sites for hydroxylation is 1. The molecule has 0 fully saturated rings. The van der Waals surface area contributed by atoms with E-state index in [0.717, 1.165) is 34.8 Å². The molecule has 0 spiro atoms. The van der Waals surface area contributed by atoms with E-state index in [9.17, 15) is 0 Å². The Kier molecular flexibility index (Phi) is 8.78. The van der Waals surface area contributed by atoms with Crippen LogP contribution in [0.5, 0.6) is 0 Å². The summed E-state index contributed by atoms with van der Waals surface area (Å²) in [6.07, 6.45) is 9.94. The highest BCUT2D eigenvalue weighted by Crippen LogP contribution is 2.16. The van der Waals surface area contributed by atoms with Gasteiger partial charge >= 0.3 is 0 Å². The molecule has 0 N–H and O–H groups in total. The van der Waals surface area contributed by atoms with Crippen molar-refractivity contribution < 1.29 is 14.2 Å². The van der Waals surface area contributed by atoms with Crippen LogP contribution in [0.4, 0.5) is 0 Å². The summed E-state index contributed by atoms with van der Waals surface area (Å²) in [5, 5.41) is 0. The van der Waals surface area contributed by atoms with E-state index < -0.39 is 0 Å². The SMILES string of the molecule is COCCOCCOCCn1cccc1/C=C/c1ccc(-c2ccc(C)cn2)nc1. The molecule has 0 aliphatic rings. The van der Waals surface area contributed by atoms with Gasteiger partial charge in [0.05, 0.1) is 44.4 Å². The summed E-state index contributed by atoms with van der Waals surface area (Å²) in [4.78, 5) is 8.96. The van der Waals surface area contributed by atoms with Crippen molar-refractivity contribution in [2.45, 2.75) is 13.5 Å². The van der Waals surface area contributed by atoms with E-state index in [0.29, 0.717) is 33.0 Å². The van der Waals surface area contributed by atoms with E-state index in [2.05, 4.69) is 45.0 Å². The molecule has 0 amide bonds. The van der Waals surface area contributed by atoms with Crippen LogP contribution in [0.2, 0.25) is 0 Å². The molecule has 0 atom stereocenters. The zero-order chi connectivity index (χ0) is 21.0. The molecular formula is C24H29N3O3. The molecular weight excluding hydrogens is 378 g/mol. The van der Waals surface area contributed by atoms with Gasteiger partial charge in [0.15, 0.2) is 0 Å². The molecule has 0 radical (unpaired) electrons. The van der Waals surface area contributed by atoms with Crippen molar-refractivity contribution in [1.82, 2.24) is 14.5 Å². The molecule has 6 nitrogen and oxygen atoms in total. The van der Waals surface area contributed by atoms with Crippen molar-refractivity contribution in [3.05, 3.63) is 71.8 Å². The molecule has 0 unspecified atom stereocenters. The molecule has 0 aliphatic carbocycles. The Morgan fingerprint density at radius 1 is 0.833 bits per heavy atom. The Morgan fingerprint density at radius 3 is 2.27 bits per heavy atom. The molecule has 3 heterocycles. The summed E-state index contributed by atoms with van der Waals surface area (Å²) in [5.41, 5.74) is 5.07. The highest BCUT2D eigenvalue weighted by Gasteiger charge is 2.01. The molecule has 0 aliphatic heterocycles. The minimum atomic E-state index is 0.586. The number of hydrogen-bond donors (Lipinski definition) is 0. The van der Waals surface area contributed by atoms with Crippen LogP contribution in [0.1, 0.15) is 16.8 Å². The second-order valence-corrected chi connectivity index (χ2v) is 6.87. The van der Waals surface area contributed by atoms with Gasteiger partial charge in [-0.2, -0.15) is 0 Å². The highest BCUT2D eigenvalue weighted by atomic mass is 16.5. The zero-order valence-electron chi connectivity index (χ0n) is 17.7. The number of methoxy groups -OCH3 is 1. The first-order valence-electron chi connectivity index (χ1n) is 10.1. The maximum Gasteiger partial charge on any atom is 0.0886 e. The summed E-state index contributed by atoms with van der Waals surface area (Å²) in [6.45, 7) is 5.85. The molecule has 3 rings (SSSR count). The Labute approximate surface area is 178 Å². The van der Waals surface area contributed by atoms with Crippen LogP contribution in [0.15, 0.2) is 55.0 Å². The van der Waals surface area contributed by atoms with Gasteiger partial charge in [0.2, 0.25) is 0 Å². The molecule has 30 heavy (non-hydrogen) atoms. The minimum Gasteiger partial charge on any atom is -0.382 e. The third kappa shape index (κ3) is 6.91. The maximum absolute atomic E-state index is 5.64. The van der Waals surface area contributed by atoms with Gasteiger partial charge in [-0.15, -0.1) is 0 Å². The van der Waals surface area contributed by atoms with Crippen LogP contribution < -0.4 is 0 Å². The van der Waals surface area contributed by atoms with Crippen LogP contribution >= 0.6 is 0 Å². The largest absolute Gasteiger partial charge is 0.382 e. The summed E-state index contributed by atoms with van der Waals surface area (Å²) >= 11 is 0. The quantitative estimate of drug-likeness (QED) is 0.423. The Balaban J connectivity index is 1.47. The van der Waals surface area contributed by atoms with Gasteiger partial charge in [-0.25, -0.2) is 0 Å². The first-order valence-corrected chi connectivity index (χ1v) is 10.1. The number of pyridine rings is 2. The normalized spacial score (nSPS) is 11.4. The van der Waals surface area contributed by atoms with E-state index in [-0.39, 0.29) is 0 Å². The van der Waals surface area contributed by atoms with Crippen molar-refractivity contribution in [2.75, 3.05) is 40.1 Å². The lowest BCUT2D eigenvalue weighted by molar-refractivity contribution is 0.0230. The van der Waals surface area contributed by atoms with Crippen LogP contribution in [0.25, 0.3) is 23.5 Å². The predicted molar refractivity (Wildman–Crippen MR) is 119 cm³/mol. The summed E-state index contributed by atoms with van der Waals surface area (Å²) in [5.74, 6) is 0. The Hall–Kier alpha value is -2.80. The third-order valence-corrected chi connectivity index (χ3v) is 4.55. The number of aromatic nitrogens is 3. The average Bonchev–Trinajstić information content (AvgIpc) is 3.22. The standard InChI is InChI=1S/C24H29N3O3/c1-20-5-9-23(25-18-20)24-10-7-21(19-26-24)6-8-22-4-3-11-27(22)12-13-29-16-17-30-15-14-28-2/h3-11,18-19H,12-17H2,1-2H3/b8-6+. The molecule has 0 saturated carbocycles. The predicted octanol–water partition coefficient (Wildman–Crippen LogP) is 4.10. The first kappa shape index (κ1) is 21.9. The van der Waals surface area contributed by atoms with E-state index >= 15 is 0 Å². The van der Waals surface area contributed by atoms with E-state index in [1.54, 1.807) is 7.11 Å². The van der Waals surface area contributed by atoms with E-state index in [4.69, 9.17) is 14.2 Å². The first-order chi connectivity index (χ1) is 14.8. The fourth-order valence-corrected chi connectivity index (χ4v) is 2.87. The van der Waals surface area contributed by atoms with E-state index in [1.807, 2.05) is 43.6 Å². The molecule has 3 aromatic heterocycles. The van der Waals surface area contributed by atoms with Gasteiger partial charge < -0.3 is 18.8 Å². The summed E-state index contributed by atoms with van der Waals surface area (Å²) < 4.78 is 18.1. The molecule has 0 aromatic carbocycles. The van der Waals surface area contributed by atoms with Crippen LogP contribution in [0, 0.1) is 6.92 Å². The van der Waals surface area contributed by atoms with Gasteiger partial charge in [0.1, 0.15) is 0 Å². The highest BCUT2D eigenvalue weighted by molar-refractivity contribution is 5.69. The second-order valence-electron chi connectivity index (χ2n) is 6.87. The zero-order valence-corrected chi connectivity index (χ0v) is 17.7. The Bertz CT molecular complexity index is 902. The summed E-state index contributed by atoms with van der Waals surface area (Å²) in [6, 6.07) is 12.2. The van der Waals surface area contributed by atoms with Crippen LogP contribution in [0.3, 0.4) is 0 Å². The smallest absolute Gasteiger partial charge is 0.0886 e. The lowest BCUT2D eigenvalue weighted by atomic mass is 10.2. The van der Waals surface area contributed by atoms with Crippen molar-refractivity contribution in [1.29, 1.82) is 0 Å². The fraction of sp³-hybridized carbons (Fsp3) is 0.333. The van der Waals surface area contributed by atoms with Gasteiger partial charge in [0.25, 0.3) is 0 Å². The number of hydrogen-bond acceptors (Lipinski definition) is 5. The van der Waals surface area contributed by atoms with Crippen molar-refractivity contribution in [2.24, 2.45) is 0 Å². The Morgan fingerprint density at radius 2 is 1.57 bits per heavy atom. The van der Waals surface area contributed by atoms with Crippen molar-refractivity contribution >= 4 is 12.2 Å². The van der Waals surface area contributed by atoms with Crippen LogP contribution in [-0.2, 0) is 20.8 Å². The lowest BCUT2D eigenvalue weighted by Gasteiger charge is -2.08. The van der Waals surface area contributed by atoms with Crippen molar-refractivity contribution in [3.8, 4) is 11.4 Å². The van der Waals surface area contributed by atoms with Gasteiger partial charge in [-0.1, -0.05) is 18.2 Å². The van der Waals surface area contributed by atoms with Crippen LogP contribution in [-0.4, -0.2) is 54.7 Å². The van der Waals surface area contributed by atoms with E-state index in [1.165, 1.54) is 0 Å². The number of nitrogens with zero attached hydrogens (tertiary/aromatic N) is 3. The molecule has 6 heteroatoms. The fourth-order valence-electron chi connectivity index (χ4n) is 2.87. The number of ether oxygens (including phenoxy) is 3. The lowest BCUT2D eigenvalue weighted by Crippen LogP contribution is -2.11. The average molecular weight is 408 g/mol. The maximum atomic E-state index is 5.64. The van der Waals surface area contributed by atoms with Gasteiger partial charge in [0, 0.05) is 37.9 Å². The number of rotatable bonds is 12. The minimum absolute atomic E-state index is 0.586. The molecule has 0 bridgehead atoms. The molecule has 158 valence electrons.